The molecule has 0 fully saturated rings. The molecule has 0 aliphatic rings. The Morgan fingerprint density at radius 1 is 0.353 bits per heavy atom. The Hall–Kier alpha value is -15.0. The summed E-state index contributed by atoms with van der Waals surface area (Å²) >= 11 is 14.1. The van der Waals surface area contributed by atoms with Crippen LogP contribution in [0.3, 0.4) is 0 Å². The number of H-pyrrole nitrogens is 3. The first-order valence-corrected chi connectivity index (χ1v) is 42.5. The summed E-state index contributed by atoms with van der Waals surface area (Å²) in [5.41, 5.74) is 17.0. The van der Waals surface area contributed by atoms with Crippen LogP contribution in [0.15, 0.2) is 216 Å². The number of nitrogens with one attached hydrogen (secondary N) is 3. The number of pyridine rings is 5. The van der Waals surface area contributed by atoms with Gasteiger partial charge in [0.1, 0.15) is 75.3 Å². The quantitative estimate of drug-likeness (QED) is 0.101. The van der Waals surface area contributed by atoms with E-state index in [9.17, 15) is 57.1 Å². The van der Waals surface area contributed by atoms with Crippen molar-refractivity contribution in [1.82, 2.24) is 34.9 Å². The number of methoxy groups -OCH3 is 3. The number of ether oxygens (including phenoxy) is 3. The third-order valence-corrected chi connectivity index (χ3v) is 20.6. The number of rotatable bonds is 8. The lowest BCUT2D eigenvalue weighted by atomic mass is 10.0. The number of hydrogen-bond acceptors (Lipinski definition) is 21. The van der Waals surface area contributed by atoms with Crippen LogP contribution < -0.4 is 44.5 Å². The van der Waals surface area contributed by atoms with Crippen LogP contribution >= 0.6 is 68.3 Å². The van der Waals surface area contributed by atoms with E-state index in [-0.39, 0.29) is 17.4 Å². The molecule has 15 rings (SSSR count). The molecule has 0 saturated heterocycles. The fraction of sp³-hybridized carbons (Fsp3) is 0.126. The Morgan fingerprint density at radius 2 is 0.684 bits per heavy atom. The van der Waals surface area contributed by atoms with E-state index < -0.39 is 48.1 Å². The number of carbonyl (C=O) groups excluding carboxylic acids is 3. The lowest BCUT2D eigenvalue weighted by Crippen LogP contribution is -2.37. The largest absolute Gasteiger partial charge is 0.542 e. The van der Waals surface area contributed by atoms with Crippen LogP contribution in [0.5, 0.6) is 17.2 Å². The van der Waals surface area contributed by atoms with E-state index >= 15 is 0 Å². The number of aromatic nitrogens is 10. The van der Waals surface area contributed by atoms with Crippen molar-refractivity contribution in [2.45, 2.75) is 60.1 Å². The first kappa shape index (κ1) is 103. The maximum atomic E-state index is 13.8. The highest BCUT2D eigenvalue weighted by molar-refractivity contribution is 7.10. The molecule has 19 nitrogen and oxygen atoms in total. The fourth-order valence-corrected chi connectivity index (χ4v) is 13.3. The molecule has 0 amide bonds. The fourth-order valence-electron chi connectivity index (χ4n) is 10.4. The Balaban J connectivity index is 0.000000194. The molecule has 10 heterocycles. The number of alkyl halides is 9. The molecule has 3 N–H and O–H groups in total. The van der Waals surface area contributed by atoms with Gasteiger partial charge in [0.15, 0.2) is 30.2 Å². The van der Waals surface area contributed by atoms with Gasteiger partial charge >= 0.3 is 18.5 Å². The van der Waals surface area contributed by atoms with Gasteiger partial charge in [0, 0.05) is 102 Å². The van der Waals surface area contributed by atoms with Crippen LogP contribution in [0.25, 0.3) is 56.3 Å². The Kier molecular flexibility index (Phi) is 38.6. The third-order valence-electron chi connectivity index (χ3n) is 16.4. The predicted octanol–water partition coefficient (Wildman–Crippen LogP) is 17.3. The maximum Gasteiger partial charge on any atom is 0.430 e. The molecule has 0 aliphatic heterocycles. The van der Waals surface area contributed by atoms with E-state index in [1.54, 1.807) is 95.3 Å². The highest BCUT2D eigenvalue weighted by Gasteiger charge is 2.30. The molecular weight excluding hydrogens is 1870 g/mol. The molecule has 38 heteroatoms. The molecular formula is C95H66ClF13N10O9S5. The third kappa shape index (κ3) is 34.1. The van der Waals surface area contributed by atoms with Crippen molar-refractivity contribution < 1.29 is 116 Å². The van der Waals surface area contributed by atoms with E-state index in [1.165, 1.54) is 55.9 Å². The molecule has 133 heavy (non-hydrogen) atoms. The number of carbonyl (C=O) groups is 3. The normalized spacial score (nSPS) is 10.2. The minimum atomic E-state index is -5.19. The van der Waals surface area contributed by atoms with Crippen molar-refractivity contribution in [3.05, 3.63) is 331 Å². The van der Waals surface area contributed by atoms with Crippen molar-refractivity contribution in [2.75, 3.05) is 21.3 Å². The maximum absolute atomic E-state index is 13.8. The van der Waals surface area contributed by atoms with Gasteiger partial charge < -0.3 is 43.9 Å². The van der Waals surface area contributed by atoms with Gasteiger partial charge in [-0.1, -0.05) is 71.5 Å². The molecule has 0 spiro atoms. The molecule has 15 aromatic rings. The van der Waals surface area contributed by atoms with Crippen molar-refractivity contribution in [2.24, 2.45) is 0 Å². The minimum absolute atomic E-state index is 0.00978. The highest BCUT2D eigenvalue weighted by Crippen LogP contribution is 2.34. The second-order valence-corrected chi connectivity index (χ2v) is 31.9. The zero-order valence-electron chi connectivity index (χ0n) is 70.4. The number of carboxylic acid groups (broad SMARTS) is 3. The lowest BCUT2D eigenvalue weighted by molar-refractivity contribution is -0.365. The zero-order valence-corrected chi connectivity index (χ0v) is 75.3. The first-order valence-electron chi connectivity index (χ1n) is 37.7. The monoisotopic (exact) mass is 1930 g/mol. The van der Waals surface area contributed by atoms with Gasteiger partial charge in [-0.3, -0.25) is 9.97 Å². The number of hydrogen-bond donors (Lipinski definition) is 0. The first-order chi connectivity index (χ1) is 63.1. The van der Waals surface area contributed by atoms with E-state index in [2.05, 4.69) is 109 Å². The smallest absolute Gasteiger partial charge is 0.430 e. The molecule has 0 atom stereocenters. The van der Waals surface area contributed by atoms with Crippen molar-refractivity contribution in [3.63, 3.8) is 0 Å². The second kappa shape index (κ2) is 49.7. The second-order valence-electron chi connectivity index (χ2n) is 26.2. The summed E-state index contributed by atoms with van der Waals surface area (Å²) in [6.45, 7) is 11.7. The summed E-state index contributed by atoms with van der Waals surface area (Å²) in [4.78, 5) is 66.1. The molecule has 0 aliphatic carbocycles. The van der Waals surface area contributed by atoms with E-state index in [0.29, 0.717) is 22.0 Å². The van der Waals surface area contributed by atoms with Crippen LogP contribution in [0.4, 0.5) is 57.1 Å². The minimum Gasteiger partial charge on any atom is -0.542 e. The summed E-state index contributed by atoms with van der Waals surface area (Å²) in [6.07, 6.45) is -6.72. The van der Waals surface area contributed by atoms with Crippen molar-refractivity contribution in [1.29, 1.82) is 0 Å². The number of nitrogens with zero attached hydrogens (tertiary/aromatic N) is 7. The van der Waals surface area contributed by atoms with Crippen LogP contribution in [-0.2, 0) is 14.4 Å². The highest BCUT2D eigenvalue weighted by atomic mass is 35.5. The number of thiazole rings is 5. The topological polar surface area (TPSA) is 281 Å². The summed E-state index contributed by atoms with van der Waals surface area (Å²) in [5, 5.41) is 41.7. The number of halogens is 14. The van der Waals surface area contributed by atoms with Gasteiger partial charge in [-0.25, -0.2) is 57.4 Å². The summed E-state index contributed by atoms with van der Waals surface area (Å²) < 4.78 is 164. The van der Waals surface area contributed by atoms with Crippen LogP contribution in [0.1, 0.15) is 86.9 Å². The molecule has 0 radical (unpaired) electrons. The zero-order chi connectivity index (χ0) is 97.1. The van der Waals surface area contributed by atoms with E-state index in [0.717, 1.165) is 144 Å². The number of para-hydroxylation sites is 1. The van der Waals surface area contributed by atoms with Crippen LogP contribution in [0, 0.1) is 124 Å². The van der Waals surface area contributed by atoms with E-state index in [4.69, 9.17) is 55.5 Å². The SMILES string of the molecule is COc1c(F)cc(F)cc1-c1ccc(C#Cc2csc(C)n2)c[nH+]1.COc1cc(F)ccc1-c1ccc(C#Cc2csc(C)n2)c[nH+]1.COc1ccccc1-c1ccc(C#Cc2csc(C)n2)cn1.Cc1nc(C#Cc2ccc(-c3ccc(F)cc3C)[nH+]c2)cs1.Cc1nc(C#Cc2ccc(-c3ccccc3Cl)nc2)cs1.O=C([O-])C(F)(F)F.O=C([O-])C(F)(F)F.O=C([O-])C(F)(F)F. The number of aliphatic carboxylic acids is 3. The van der Waals surface area contributed by atoms with Gasteiger partial charge in [0.2, 0.25) is 17.1 Å². The molecule has 0 unspecified atom stereocenters. The van der Waals surface area contributed by atoms with Crippen molar-refractivity contribution in [3.8, 4) is 133 Å². The predicted molar refractivity (Wildman–Crippen MR) is 471 cm³/mol. The number of aromatic amines is 3. The Labute approximate surface area is 776 Å². The Morgan fingerprint density at radius 3 is 1.01 bits per heavy atom. The molecule has 10 aromatic heterocycles. The average molecular weight is 1930 g/mol. The number of aryl methyl sites for hydroxylation is 6. The van der Waals surface area contributed by atoms with Gasteiger partial charge in [0.05, 0.1) is 85.6 Å². The van der Waals surface area contributed by atoms with Crippen molar-refractivity contribution >= 4 is 86.2 Å². The standard InChI is InChI=1S/C18H12F2N2OS.C18H13FN2OS.C18H13FN2S.C18H14N2OS.C17H11ClN2S.3C2HF3O2/c1-11-22-14(10-24-11)5-3-12-4-6-17(21-9-12)15-7-13(19)8-16(20)18(15)23-2;1-12-21-15(11-23-12)6-3-13-4-8-17(20-10-13)16-7-5-14(19)9-18(16)22-2;1-12-9-15(19)5-7-17(12)18-8-4-14(10-20-18)3-6-16-11-22-13(2)21-16;1-13-20-15(12-22-13)9-7-14-8-10-17(19-11-14)16-5-3-4-6-18(16)21-2;1-12-20-14(11-21-12)8-6-13-7-9-17(19-10-13)15-4-2-3-5-16(15)18;3*3-2(4,5)1(6)7/h4,6-10H,1-2H3;4-5,7-11H,1-2H3;4-5,7-11H,1-2H3;3-6,8,10-12H,1-2H3;2-5,7,9-11H,1H3;3*(H,6,7). The number of benzene rings is 5. The number of carboxylic acids is 3. The van der Waals surface area contributed by atoms with Gasteiger partial charge in [-0.15, -0.1) is 56.7 Å². The molecule has 678 valence electrons. The molecule has 0 saturated carbocycles. The van der Waals surface area contributed by atoms with Gasteiger partial charge in [-0.2, -0.15) is 39.5 Å². The van der Waals surface area contributed by atoms with Gasteiger partial charge in [-0.05, 0) is 174 Å². The van der Waals surface area contributed by atoms with Gasteiger partial charge in [0.25, 0.3) is 0 Å². The molecule has 0 bridgehead atoms. The van der Waals surface area contributed by atoms with Crippen LogP contribution in [-0.4, -0.2) is 92.7 Å². The summed E-state index contributed by atoms with van der Waals surface area (Å²) in [5.74, 6) is 20.7. The van der Waals surface area contributed by atoms with E-state index in [1.807, 2.05) is 178 Å². The lowest BCUT2D eigenvalue weighted by Gasteiger charge is -2.07. The summed E-state index contributed by atoms with van der Waals surface area (Å²) in [7, 11) is 4.53. The van der Waals surface area contributed by atoms with Crippen LogP contribution in [0.2, 0.25) is 5.02 Å². The Bertz CT molecular complexity index is 6800. The summed E-state index contributed by atoms with van der Waals surface area (Å²) in [6, 6.07) is 45.7. The molecule has 5 aromatic carbocycles. The average Bonchev–Trinajstić information content (AvgIpc) is 1.38.